The summed E-state index contributed by atoms with van der Waals surface area (Å²) in [7, 11) is 0. The summed E-state index contributed by atoms with van der Waals surface area (Å²) in [6.07, 6.45) is 0.239. The van der Waals surface area contributed by atoms with E-state index < -0.39 is 6.04 Å². The van der Waals surface area contributed by atoms with Crippen LogP contribution >= 0.6 is 0 Å². The molecule has 4 nitrogen and oxygen atoms in total. The summed E-state index contributed by atoms with van der Waals surface area (Å²) in [5.74, 6) is -0.404. The van der Waals surface area contributed by atoms with Crippen LogP contribution in [0, 0.1) is 13.8 Å². The number of hydrogen-bond acceptors (Lipinski definition) is 2. The largest absolute Gasteiger partial charge is 0.344 e. The van der Waals surface area contributed by atoms with Crippen molar-refractivity contribution in [2.75, 3.05) is 5.32 Å². The lowest BCUT2D eigenvalue weighted by atomic mass is 10.0. The molecular weight excluding hydrogens is 336 g/mol. The third-order valence-electron chi connectivity index (χ3n) is 4.78. The first-order valence-corrected chi connectivity index (χ1v) is 9.08. The summed E-state index contributed by atoms with van der Waals surface area (Å²) in [6.45, 7) is 5.72. The highest BCUT2D eigenvalue weighted by Crippen LogP contribution is 2.19. The van der Waals surface area contributed by atoms with Gasteiger partial charge in [0.25, 0.3) is 0 Å². The predicted octanol–water partition coefficient (Wildman–Crippen LogP) is 4.14. The van der Waals surface area contributed by atoms with Gasteiger partial charge in [0.05, 0.1) is 6.42 Å². The monoisotopic (exact) mass is 360 g/mol. The number of hydrogen-bond donors (Lipinski definition) is 2. The lowest BCUT2D eigenvalue weighted by molar-refractivity contribution is -0.125. The van der Waals surface area contributed by atoms with Crippen molar-refractivity contribution in [3.8, 4) is 0 Å². The molecule has 2 N–H and O–H groups in total. The van der Waals surface area contributed by atoms with Crippen LogP contribution in [0.2, 0.25) is 0 Å². The zero-order valence-corrected chi connectivity index (χ0v) is 15.9. The third kappa shape index (κ3) is 4.53. The first kappa shape index (κ1) is 18.6. The topological polar surface area (TPSA) is 58.2 Å². The minimum absolute atomic E-state index is 0.172. The number of anilines is 1. The number of nitrogens with one attached hydrogen (secondary N) is 2. The van der Waals surface area contributed by atoms with Gasteiger partial charge in [0.2, 0.25) is 11.8 Å². The molecule has 0 fully saturated rings. The van der Waals surface area contributed by atoms with Gasteiger partial charge in [-0.25, -0.2) is 0 Å². The molecule has 4 heteroatoms. The molecule has 0 aliphatic rings. The molecule has 138 valence electrons. The number of carbonyl (C=O) groups excluding carboxylic acids is 2. The normalized spacial score (nSPS) is 11.8. The summed E-state index contributed by atoms with van der Waals surface area (Å²) >= 11 is 0. The Labute approximate surface area is 159 Å². The van der Waals surface area contributed by atoms with Crippen molar-refractivity contribution in [2.24, 2.45) is 0 Å². The molecule has 3 aromatic rings. The van der Waals surface area contributed by atoms with E-state index in [2.05, 4.69) is 10.6 Å². The minimum atomic E-state index is -0.617. The smallest absolute Gasteiger partial charge is 0.246 e. The van der Waals surface area contributed by atoms with E-state index in [1.165, 1.54) is 5.56 Å². The molecule has 0 radical (unpaired) electrons. The molecule has 0 unspecified atom stereocenters. The standard InChI is InChI=1S/C23H24N2O2/c1-15-11-12-20(13-16(15)2)25-23(27)17(3)24-22(26)14-19-9-6-8-18-7-4-5-10-21(18)19/h4-13,17H,14H2,1-3H3,(H,24,26)(H,25,27)/t17-/m0/s1. The van der Waals surface area contributed by atoms with Crippen molar-refractivity contribution in [1.29, 1.82) is 0 Å². The zero-order valence-electron chi connectivity index (χ0n) is 15.9. The van der Waals surface area contributed by atoms with Gasteiger partial charge in [-0.1, -0.05) is 48.5 Å². The van der Waals surface area contributed by atoms with Gasteiger partial charge in [-0.15, -0.1) is 0 Å². The molecule has 3 aromatic carbocycles. The Kier molecular flexibility index (Phi) is 5.55. The van der Waals surface area contributed by atoms with E-state index in [-0.39, 0.29) is 18.2 Å². The van der Waals surface area contributed by atoms with E-state index in [1.54, 1.807) is 6.92 Å². The molecule has 1 atom stereocenters. The summed E-state index contributed by atoms with van der Waals surface area (Å²) < 4.78 is 0. The van der Waals surface area contributed by atoms with Gasteiger partial charge in [0, 0.05) is 5.69 Å². The second kappa shape index (κ2) is 8.04. The number of rotatable bonds is 5. The molecular formula is C23H24N2O2. The fourth-order valence-corrected chi connectivity index (χ4v) is 3.05. The lowest BCUT2D eigenvalue weighted by Crippen LogP contribution is -2.42. The van der Waals surface area contributed by atoms with Crippen LogP contribution in [-0.4, -0.2) is 17.9 Å². The molecule has 0 saturated heterocycles. The van der Waals surface area contributed by atoms with Gasteiger partial charge in [-0.05, 0) is 60.4 Å². The summed E-state index contributed by atoms with van der Waals surface area (Å²) in [5, 5.41) is 7.80. The van der Waals surface area contributed by atoms with E-state index >= 15 is 0 Å². The summed E-state index contributed by atoms with van der Waals surface area (Å²) in [5.41, 5.74) is 3.97. The molecule has 0 spiro atoms. The summed E-state index contributed by atoms with van der Waals surface area (Å²) in [6, 6.07) is 19.0. The molecule has 0 bridgehead atoms. The van der Waals surface area contributed by atoms with E-state index in [1.807, 2.05) is 74.5 Å². The Balaban J connectivity index is 1.62. The van der Waals surface area contributed by atoms with Crippen molar-refractivity contribution in [3.63, 3.8) is 0 Å². The van der Waals surface area contributed by atoms with Crippen molar-refractivity contribution < 1.29 is 9.59 Å². The van der Waals surface area contributed by atoms with Crippen LogP contribution in [0.1, 0.15) is 23.6 Å². The van der Waals surface area contributed by atoms with E-state index in [0.717, 1.165) is 27.6 Å². The summed E-state index contributed by atoms with van der Waals surface area (Å²) in [4.78, 5) is 24.8. The SMILES string of the molecule is Cc1ccc(NC(=O)[C@H](C)NC(=O)Cc2cccc3ccccc23)cc1C. The number of aryl methyl sites for hydroxylation is 2. The van der Waals surface area contributed by atoms with Crippen LogP contribution in [0.5, 0.6) is 0 Å². The van der Waals surface area contributed by atoms with Gasteiger partial charge < -0.3 is 10.6 Å². The van der Waals surface area contributed by atoms with Gasteiger partial charge in [0.15, 0.2) is 0 Å². The van der Waals surface area contributed by atoms with E-state index in [0.29, 0.717) is 0 Å². The number of amides is 2. The molecule has 0 aromatic heterocycles. The Hall–Kier alpha value is -3.14. The molecule has 0 aliphatic carbocycles. The van der Waals surface area contributed by atoms with Crippen LogP contribution in [0.25, 0.3) is 10.8 Å². The number of fused-ring (bicyclic) bond motifs is 1. The lowest BCUT2D eigenvalue weighted by Gasteiger charge is -2.15. The Morgan fingerprint density at radius 2 is 1.67 bits per heavy atom. The fraction of sp³-hybridized carbons (Fsp3) is 0.217. The predicted molar refractivity (Wildman–Crippen MR) is 110 cm³/mol. The van der Waals surface area contributed by atoms with Crippen LogP contribution in [0.3, 0.4) is 0 Å². The van der Waals surface area contributed by atoms with E-state index in [4.69, 9.17) is 0 Å². The minimum Gasteiger partial charge on any atom is -0.344 e. The van der Waals surface area contributed by atoms with Crippen molar-refractivity contribution >= 4 is 28.3 Å². The maximum Gasteiger partial charge on any atom is 0.246 e. The Morgan fingerprint density at radius 1 is 0.926 bits per heavy atom. The average Bonchev–Trinajstić information content (AvgIpc) is 2.65. The molecule has 0 aliphatic heterocycles. The highest BCUT2D eigenvalue weighted by atomic mass is 16.2. The molecule has 0 saturated carbocycles. The Morgan fingerprint density at radius 3 is 2.44 bits per heavy atom. The van der Waals surface area contributed by atoms with Crippen LogP contribution < -0.4 is 10.6 Å². The average molecular weight is 360 g/mol. The fourth-order valence-electron chi connectivity index (χ4n) is 3.05. The van der Waals surface area contributed by atoms with E-state index in [9.17, 15) is 9.59 Å². The van der Waals surface area contributed by atoms with Gasteiger partial charge in [0.1, 0.15) is 6.04 Å². The van der Waals surface area contributed by atoms with Crippen molar-refractivity contribution in [2.45, 2.75) is 33.2 Å². The zero-order chi connectivity index (χ0) is 19.4. The third-order valence-corrected chi connectivity index (χ3v) is 4.78. The van der Waals surface area contributed by atoms with Gasteiger partial charge in [-0.2, -0.15) is 0 Å². The van der Waals surface area contributed by atoms with Crippen molar-refractivity contribution in [3.05, 3.63) is 77.4 Å². The van der Waals surface area contributed by atoms with Crippen molar-refractivity contribution in [1.82, 2.24) is 5.32 Å². The number of carbonyl (C=O) groups is 2. The highest BCUT2D eigenvalue weighted by molar-refractivity contribution is 5.98. The van der Waals surface area contributed by atoms with Gasteiger partial charge in [-0.3, -0.25) is 9.59 Å². The molecule has 0 heterocycles. The Bertz CT molecular complexity index is 989. The first-order chi connectivity index (χ1) is 12.9. The second-order valence-electron chi connectivity index (χ2n) is 6.89. The van der Waals surface area contributed by atoms with Crippen LogP contribution in [-0.2, 0) is 16.0 Å². The highest BCUT2D eigenvalue weighted by Gasteiger charge is 2.16. The first-order valence-electron chi connectivity index (χ1n) is 9.08. The maximum atomic E-state index is 12.4. The van der Waals surface area contributed by atoms with Crippen LogP contribution in [0.15, 0.2) is 60.7 Å². The number of benzene rings is 3. The molecule has 27 heavy (non-hydrogen) atoms. The second-order valence-corrected chi connectivity index (χ2v) is 6.89. The molecule has 2 amide bonds. The maximum absolute atomic E-state index is 12.4. The molecule has 3 rings (SSSR count). The van der Waals surface area contributed by atoms with Gasteiger partial charge >= 0.3 is 0 Å². The van der Waals surface area contributed by atoms with Crippen LogP contribution in [0.4, 0.5) is 5.69 Å². The quantitative estimate of drug-likeness (QED) is 0.718.